The van der Waals surface area contributed by atoms with Gasteiger partial charge in [-0.15, -0.1) is 0 Å². The highest BCUT2D eigenvalue weighted by Gasteiger charge is 2.20. The van der Waals surface area contributed by atoms with Crippen LogP contribution in [0.25, 0.3) is 11.3 Å². The van der Waals surface area contributed by atoms with Crippen LogP contribution in [0.3, 0.4) is 0 Å². The maximum atomic E-state index is 4.62. The molecule has 4 rings (SSSR count). The molecule has 0 saturated heterocycles. The van der Waals surface area contributed by atoms with Crippen LogP contribution in [-0.4, -0.2) is 26.0 Å². The zero-order valence-electron chi connectivity index (χ0n) is 11.6. The summed E-state index contributed by atoms with van der Waals surface area (Å²) >= 11 is 1.73. The summed E-state index contributed by atoms with van der Waals surface area (Å²) < 4.78 is 2.35. The quantitative estimate of drug-likeness (QED) is 0.745. The molecular weight excluding hydrogens is 280 g/mol. The van der Waals surface area contributed by atoms with Crippen LogP contribution >= 0.6 is 11.3 Å². The average Bonchev–Trinajstić information content (AvgIpc) is 3.16. The minimum atomic E-state index is 0.909. The lowest BCUT2D eigenvalue weighted by molar-refractivity contribution is 0.209. The summed E-state index contributed by atoms with van der Waals surface area (Å²) in [4.78, 5) is 11.1. The Morgan fingerprint density at radius 2 is 2.05 bits per heavy atom. The lowest BCUT2D eigenvalue weighted by Gasteiger charge is -2.28. The van der Waals surface area contributed by atoms with E-state index < -0.39 is 0 Å². The Bertz CT molecular complexity index is 718. The smallest absolute Gasteiger partial charge is 0.123 e. The molecule has 4 heterocycles. The van der Waals surface area contributed by atoms with Gasteiger partial charge in [-0.1, -0.05) is 0 Å². The van der Waals surface area contributed by atoms with Gasteiger partial charge in [-0.25, -0.2) is 4.98 Å². The van der Waals surface area contributed by atoms with E-state index in [-0.39, 0.29) is 0 Å². The van der Waals surface area contributed by atoms with E-state index in [0.29, 0.717) is 0 Å². The van der Waals surface area contributed by atoms with E-state index in [1.807, 2.05) is 18.6 Å². The number of rotatable bonds is 3. The summed E-state index contributed by atoms with van der Waals surface area (Å²) in [5.74, 6) is 1.16. The second-order valence-corrected chi connectivity index (χ2v) is 6.07. The van der Waals surface area contributed by atoms with Gasteiger partial charge in [-0.3, -0.25) is 9.88 Å². The molecule has 0 aliphatic carbocycles. The maximum absolute atomic E-state index is 4.62. The van der Waals surface area contributed by atoms with Gasteiger partial charge in [0.2, 0.25) is 0 Å². The lowest BCUT2D eigenvalue weighted by Crippen LogP contribution is -2.33. The van der Waals surface area contributed by atoms with Gasteiger partial charge in [0.05, 0.1) is 18.4 Å². The molecule has 1 aliphatic heterocycles. The van der Waals surface area contributed by atoms with Gasteiger partial charge < -0.3 is 4.57 Å². The van der Waals surface area contributed by atoms with E-state index >= 15 is 0 Å². The van der Waals surface area contributed by atoms with Crippen molar-refractivity contribution in [1.29, 1.82) is 0 Å². The fraction of sp³-hybridized carbons (Fsp3) is 0.250. The molecule has 106 valence electrons. The standard InChI is InChI=1S/C16H16N4S/c1-4-17-5-2-13(1)10-19-6-7-20-15(9-18-16(20)11-19)14-3-8-21-12-14/h1-5,8-9,12H,6-7,10-11H2. The van der Waals surface area contributed by atoms with Gasteiger partial charge in [0, 0.05) is 43.0 Å². The van der Waals surface area contributed by atoms with Crippen molar-refractivity contribution in [1.82, 2.24) is 19.4 Å². The Kier molecular flexibility index (Phi) is 3.29. The van der Waals surface area contributed by atoms with Crippen LogP contribution in [0.15, 0.2) is 47.5 Å². The number of hydrogen-bond donors (Lipinski definition) is 0. The van der Waals surface area contributed by atoms with Crippen LogP contribution in [0.5, 0.6) is 0 Å². The van der Waals surface area contributed by atoms with E-state index in [4.69, 9.17) is 0 Å². The van der Waals surface area contributed by atoms with E-state index in [2.05, 4.69) is 48.4 Å². The SMILES string of the molecule is c1cc(CN2CCn3c(-c4ccsc4)cnc3C2)ccn1. The van der Waals surface area contributed by atoms with Gasteiger partial charge in [0.15, 0.2) is 0 Å². The molecule has 1 aliphatic rings. The average molecular weight is 296 g/mol. The van der Waals surface area contributed by atoms with Crippen LogP contribution in [0.2, 0.25) is 0 Å². The van der Waals surface area contributed by atoms with Gasteiger partial charge >= 0.3 is 0 Å². The molecule has 0 amide bonds. The van der Waals surface area contributed by atoms with Crippen molar-refractivity contribution < 1.29 is 0 Å². The Hall–Kier alpha value is -1.98. The molecule has 0 fully saturated rings. The van der Waals surface area contributed by atoms with Gasteiger partial charge in [-0.2, -0.15) is 11.3 Å². The highest BCUT2D eigenvalue weighted by atomic mass is 32.1. The third-order valence-corrected chi connectivity index (χ3v) is 4.60. The number of pyridine rings is 1. The number of imidazole rings is 1. The van der Waals surface area contributed by atoms with Crippen molar-refractivity contribution in [2.75, 3.05) is 6.54 Å². The molecule has 3 aromatic rings. The fourth-order valence-electron chi connectivity index (χ4n) is 2.83. The van der Waals surface area contributed by atoms with Crippen LogP contribution in [0, 0.1) is 0 Å². The molecule has 4 nitrogen and oxygen atoms in total. The van der Waals surface area contributed by atoms with Gasteiger partial charge in [0.1, 0.15) is 5.82 Å². The molecule has 0 aromatic carbocycles. The van der Waals surface area contributed by atoms with Crippen molar-refractivity contribution in [3.8, 4) is 11.3 Å². The predicted octanol–water partition coefficient (Wildman–Crippen LogP) is 3.02. The first kappa shape index (κ1) is 12.7. The number of aromatic nitrogens is 3. The minimum absolute atomic E-state index is 0.909. The van der Waals surface area contributed by atoms with Crippen molar-refractivity contribution in [2.24, 2.45) is 0 Å². The first-order valence-electron chi connectivity index (χ1n) is 7.08. The topological polar surface area (TPSA) is 34.0 Å². The van der Waals surface area contributed by atoms with Crippen molar-refractivity contribution in [3.05, 3.63) is 58.9 Å². The molecule has 0 unspecified atom stereocenters. The summed E-state index contributed by atoms with van der Waals surface area (Å²) in [6.07, 6.45) is 5.72. The Morgan fingerprint density at radius 3 is 2.86 bits per heavy atom. The first-order chi connectivity index (χ1) is 10.4. The molecular formula is C16H16N4S. The van der Waals surface area contributed by atoms with Crippen LogP contribution < -0.4 is 0 Å². The number of thiophene rings is 1. The number of nitrogens with zero attached hydrogens (tertiary/aromatic N) is 4. The Morgan fingerprint density at radius 1 is 1.14 bits per heavy atom. The number of fused-ring (bicyclic) bond motifs is 1. The zero-order chi connectivity index (χ0) is 14.1. The van der Waals surface area contributed by atoms with Crippen molar-refractivity contribution in [2.45, 2.75) is 19.6 Å². The molecule has 0 atom stereocenters. The van der Waals surface area contributed by atoms with E-state index in [1.54, 1.807) is 11.3 Å². The molecule has 0 bridgehead atoms. The largest absolute Gasteiger partial charge is 0.326 e. The molecule has 3 aromatic heterocycles. The lowest BCUT2D eigenvalue weighted by atomic mass is 10.2. The Balaban J connectivity index is 1.54. The zero-order valence-corrected chi connectivity index (χ0v) is 12.5. The third kappa shape index (κ3) is 2.50. The van der Waals surface area contributed by atoms with E-state index in [0.717, 1.165) is 32.0 Å². The molecule has 0 spiro atoms. The summed E-state index contributed by atoms with van der Waals surface area (Å²) in [5, 5.41) is 4.31. The van der Waals surface area contributed by atoms with Gasteiger partial charge in [0.25, 0.3) is 0 Å². The monoisotopic (exact) mass is 296 g/mol. The van der Waals surface area contributed by atoms with E-state index in [9.17, 15) is 0 Å². The van der Waals surface area contributed by atoms with Crippen LogP contribution in [-0.2, 0) is 19.6 Å². The van der Waals surface area contributed by atoms with Crippen molar-refractivity contribution in [3.63, 3.8) is 0 Å². The summed E-state index contributed by atoms with van der Waals surface area (Å²) in [6, 6.07) is 6.33. The van der Waals surface area contributed by atoms with Crippen LogP contribution in [0.1, 0.15) is 11.4 Å². The normalized spacial score (nSPS) is 15.0. The summed E-state index contributed by atoms with van der Waals surface area (Å²) in [5.41, 5.74) is 3.83. The molecule has 21 heavy (non-hydrogen) atoms. The second kappa shape index (κ2) is 5.42. The minimum Gasteiger partial charge on any atom is -0.326 e. The van der Waals surface area contributed by atoms with Gasteiger partial charge in [-0.05, 0) is 29.1 Å². The Labute approximate surface area is 127 Å². The summed E-state index contributed by atoms with van der Waals surface area (Å²) in [6.45, 7) is 3.93. The number of hydrogen-bond acceptors (Lipinski definition) is 4. The predicted molar refractivity (Wildman–Crippen MR) is 83.9 cm³/mol. The molecule has 0 saturated carbocycles. The molecule has 0 radical (unpaired) electrons. The molecule has 5 heteroatoms. The van der Waals surface area contributed by atoms with Crippen molar-refractivity contribution >= 4 is 11.3 Å². The van der Waals surface area contributed by atoms with E-state index in [1.165, 1.54) is 16.8 Å². The van der Waals surface area contributed by atoms with Crippen LogP contribution in [0.4, 0.5) is 0 Å². The fourth-order valence-corrected chi connectivity index (χ4v) is 3.48. The summed E-state index contributed by atoms with van der Waals surface area (Å²) in [7, 11) is 0. The highest BCUT2D eigenvalue weighted by Crippen LogP contribution is 2.26. The highest BCUT2D eigenvalue weighted by molar-refractivity contribution is 7.08. The molecule has 0 N–H and O–H groups in total. The second-order valence-electron chi connectivity index (χ2n) is 5.29. The third-order valence-electron chi connectivity index (χ3n) is 3.92. The maximum Gasteiger partial charge on any atom is 0.123 e. The first-order valence-corrected chi connectivity index (χ1v) is 8.03.